The number of likely N-dealkylation sites (N-methyl/N-ethyl adjacent to an activating group) is 1. The van der Waals surface area contributed by atoms with Crippen LogP contribution in [-0.2, 0) is 6.42 Å². The zero-order chi connectivity index (χ0) is 34.5. The molecule has 1 fully saturated rings. The van der Waals surface area contributed by atoms with Crippen molar-refractivity contribution >= 4 is 34.5 Å². The highest BCUT2D eigenvalue weighted by molar-refractivity contribution is 6.30. The molecule has 5 aromatic rings. The Morgan fingerprint density at radius 2 is 1.78 bits per heavy atom. The van der Waals surface area contributed by atoms with Crippen LogP contribution in [0.5, 0.6) is 17.2 Å². The summed E-state index contributed by atoms with van der Waals surface area (Å²) < 4.78 is 21.9. The van der Waals surface area contributed by atoms with Gasteiger partial charge in [-0.2, -0.15) is 0 Å². The number of likely N-dealkylation sites (tertiary alicyclic amines) is 1. The molecule has 0 saturated carbocycles. The van der Waals surface area contributed by atoms with Gasteiger partial charge in [-0.1, -0.05) is 42.8 Å². The summed E-state index contributed by atoms with van der Waals surface area (Å²) in [6.07, 6.45) is 6.62. The van der Waals surface area contributed by atoms with Gasteiger partial charge in [0.15, 0.2) is 11.5 Å². The topological polar surface area (TPSA) is 105 Å². The van der Waals surface area contributed by atoms with Crippen molar-refractivity contribution < 1.29 is 23.4 Å². The maximum Gasteiger partial charge on any atom is 0.255 e. The average Bonchev–Trinajstić information content (AvgIpc) is 3.80. The number of rotatable bonds is 13. The number of carbonyl (C=O) groups excluding carboxylic acids is 1. The lowest BCUT2D eigenvalue weighted by atomic mass is 9.90. The maximum absolute atomic E-state index is 14.3. The largest absolute Gasteiger partial charge is 0.493 e. The Bertz CT molecular complexity index is 1830. The monoisotopic (exact) mass is 685 g/mol. The van der Waals surface area contributed by atoms with Gasteiger partial charge in [0.25, 0.3) is 5.91 Å². The molecule has 1 aliphatic rings. The number of para-hydroxylation sites is 1. The minimum absolute atomic E-state index is 0.0433. The molecule has 0 spiro atoms. The van der Waals surface area contributed by atoms with Gasteiger partial charge in [0.05, 0.1) is 51.1 Å². The number of amides is 1. The highest BCUT2D eigenvalue weighted by atomic mass is 35.5. The van der Waals surface area contributed by atoms with Crippen LogP contribution in [0.15, 0.2) is 77.6 Å². The third kappa shape index (κ3) is 7.35. The number of carbonyl (C=O) groups is 1. The SMILES string of the molecule is CCC(c1ccc(Cl)cc1)C(N1CCC(Nc2nc3c(Cc4ccoc4)cccc3[nH]2)CC1)N(C)C(=O)c1cc(OC)c(OC)c(OC)c1. The molecular weight excluding hydrogens is 642 g/mol. The summed E-state index contributed by atoms with van der Waals surface area (Å²) in [5.41, 5.74) is 5.82. The summed E-state index contributed by atoms with van der Waals surface area (Å²) in [6.45, 7) is 3.76. The molecule has 1 aliphatic heterocycles. The summed E-state index contributed by atoms with van der Waals surface area (Å²) in [4.78, 5) is 27.0. The van der Waals surface area contributed by atoms with Crippen LogP contribution in [0.1, 0.15) is 59.2 Å². The average molecular weight is 686 g/mol. The number of hydrogen-bond donors (Lipinski definition) is 2. The number of hydrogen-bond acceptors (Lipinski definition) is 8. The number of aromatic amines is 1. The number of ether oxygens (including phenoxy) is 3. The number of nitrogens with zero attached hydrogens (tertiary/aromatic N) is 3. The molecule has 2 aromatic heterocycles. The van der Waals surface area contributed by atoms with Crippen LogP contribution in [0.4, 0.5) is 5.95 Å². The van der Waals surface area contributed by atoms with E-state index >= 15 is 0 Å². The fourth-order valence-electron chi connectivity index (χ4n) is 7.04. The van der Waals surface area contributed by atoms with Crippen LogP contribution in [0, 0.1) is 0 Å². The van der Waals surface area contributed by atoms with Crippen molar-refractivity contribution in [2.75, 3.05) is 46.8 Å². The number of H-pyrrole nitrogens is 1. The lowest BCUT2D eigenvalue weighted by Crippen LogP contribution is -2.55. The molecule has 1 saturated heterocycles. The Kier molecular flexibility index (Phi) is 10.7. The highest BCUT2D eigenvalue weighted by Crippen LogP contribution is 2.39. The first kappa shape index (κ1) is 34.2. The summed E-state index contributed by atoms with van der Waals surface area (Å²) in [6, 6.07) is 19.8. The van der Waals surface area contributed by atoms with Gasteiger partial charge in [-0.25, -0.2) is 4.98 Å². The van der Waals surface area contributed by atoms with Gasteiger partial charge in [-0.3, -0.25) is 9.69 Å². The van der Waals surface area contributed by atoms with Crippen molar-refractivity contribution in [1.29, 1.82) is 0 Å². The van der Waals surface area contributed by atoms with E-state index in [2.05, 4.69) is 52.5 Å². The third-order valence-electron chi connectivity index (χ3n) is 9.54. The number of halogens is 1. The number of anilines is 1. The second kappa shape index (κ2) is 15.3. The molecule has 0 aliphatic carbocycles. The quantitative estimate of drug-likeness (QED) is 0.131. The first-order chi connectivity index (χ1) is 23.8. The standard InChI is InChI=1S/C38H44ClN5O5/c1-6-30(25-10-12-28(39)13-11-25)36(43(2)37(45)27-21-32(46-3)35(48-5)33(22-27)47-4)44-17-14-29(15-18-44)40-38-41-31-9-7-8-26(34(31)42-38)20-24-16-19-49-23-24/h7-13,16,19,21-23,29-30,36H,6,14-15,17-18,20H2,1-5H3,(H2,40,41,42). The number of imidazole rings is 1. The van der Waals surface area contributed by atoms with Gasteiger partial charge < -0.3 is 33.8 Å². The van der Waals surface area contributed by atoms with Gasteiger partial charge in [0.2, 0.25) is 11.7 Å². The molecule has 3 aromatic carbocycles. The molecule has 258 valence electrons. The Labute approximate surface area is 292 Å². The molecule has 6 rings (SSSR count). The van der Waals surface area contributed by atoms with E-state index in [0.29, 0.717) is 27.8 Å². The van der Waals surface area contributed by atoms with Crippen LogP contribution < -0.4 is 19.5 Å². The second-order valence-corrected chi connectivity index (χ2v) is 12.9. The first-order valence-electron chi connectivity index (χ1n) is 16.6. The molecule has 11 heteroatoms. The zero-order valence-corrected chi connectivity index (χ0v) is 29.4. The fourth-order valence-corrected chi connectivity index (χ4v) is 7.17. The van der Waals surface area contributed by atoms with Gasteiger partial charge >= 0.3 is 0 Å². The predicted molar refractivity (Wildman–Crippen MR) is 192 cm³/mol. The summed E-state index contributed by atoms with van der Waals surface area (Å²) in [5.74, 6) is 2.00. The minimum atomic E-state index is -0.213. The Morgan fingerprint density at radius 3 is 2.39 bits per heavy atom. The number of benzene rings is 3. The summed E-state index contributed by atoms with van der Waals surface area (Å²) in [5, 5.41) is 4.35. The molecule has 0 radical (unpaired) electrons. The molecule has 3 heterocycles. The molecular formula is C38H44ClN5O5. The first-order valence-corrected chi connectivity index (χ1v) is 17.0. The van der Waals surface area contributed by atoms with Gasteiger partial charge in [0, 0.05) is 49.1 Å². The van der Waals surface area contributed by atoms with E-state index < -0.39 is 0 Å². The Hall–Kier alpha value is -4.67. The second-order valence-electron chi connectivity index (χ2n) is 12.5. The molecule has 1 amide bonds. The molecule has 2 unspecified atom stereocenters. The number of piperidine rings is 1. The lowest BCUT2D eigenvalue weighted by molar-refractivity contribution is 0.0200. The molecule has 49 heavy (non-hydrogen) atoms. The van der Waals surface area contributed by atoms with Crippen LogP contribution in [0.3, 0.4) is 0 Å². The minimum Gasteiger partial charge on any atom is -0.493 e. The van der Waals surface area contributed by atoms with Crippen LogP contribution in [0.2, 0.25) is 5.02 Å². The van der Waals surface area contributed by atoms with E-state index in [1.807, 2.05) is 30.1 Å². The Balaban J connectivity index is 1.23. The third-order valence-corrected chi connectivity index (χ3v) is 9.79. The number of aromatic nitrogens is 2. The smallest absolute Gasteiger partial charge is 0.255 e. The van der Waals surface area contributed by atoms with Crippen molar-refractivity contribution in [2.45, 2.75) is 50.7 Å². The number of methoxy groups -OCH3 is 3. The maximum atomic E-state index is 14.3. The van der Waals surface area contributed by atoms with Crippen molar-refractivity contribution in [3.63, 3.8) is 0 Å². The van der Waals surface area contributed by atoms with Crippen molar-refractivity contribution in [3.05, 3.63) is 100 Å². The summed E-state index contributed by atoms with van der Waals surface area (Å²) >= 11 is 6.28. The van der Waals surface area contributed by atoms with Crippen molar-refractivity contribution in [2.24, 2.45) is 0 Å². The summed E-state index contributed by atoms with van der Waals surface area (Å²) in [7, 11) is 6.54. The molecule has 2 N–H and O–H groups in total. The zero-order valence-electron chi connectivity index (χ0n) is 28.7. The van der Waals surface area contributed by atoms with E-state index in [-0.39, 0.29) is 24.0 Å². The number of nitrogens with one attached hydrogen (secondary N) is 2. The van der Waals surface area contributed by atoms with E-state index in [0.717, 1.165) is 72.4 Å². The normalized spacial score (nSPS) is 15.1. The van der Waals surface area contributed by atoms with E-state index in [4.69, 9.17) is 35.2 Å². The van der Waals surface area contributed by atoms with Crippen molar-refractivity contribution in [1.82, 2.24) is 19.8 Å². The van der Waals surface area contributed by atoms with Crippen LogP contribution >= 0.6 is 11.6 Å². The van der Waals surface area contributed by atoms with Gasteiger partial charge in [-0.15, -0.1) is 0 Å². The van der Waals surface area contributed by atoms with E-state index in [1.165, 1.54) is 0 Å². The number of fused-ring (bicyclic) bond motifs is 1. The van der Waals surface area contributed by atoms with Crippen LogP contribution in [-0.4, -0.2) is 79.3 Å². The molecule has 2 atom stereocenters. The van der Waals surface area contributed by atoms with Gasteiger partial charge in [-0.05, 0) is 72.4 Å². The molecule has 0 bridgehead atoms. The van der Waals surface area contributed by atoms with Gasteiger partial charge in [0.1, 0.15) is 0 Å². The highest BCUT2D eigenvalue weighted by Gasteiger charge is 2.36. The van der Waals surface area contributed by atoms with Crippen molar-refractivity contribution in [3.8, 4) is 17.2 Å². The molecule has 10 nitrogen and oxygen atoms in total. The van der Waals surface area contributed by atoms with E-state index in [9.17, 15) is 4.79 Å². The lowest BCUT2D eigenvalue weighted by Gasteiger charge is -2.45. The number of furan rings is 1. The van der Waals surface area contributed by atoms with E-state index in [1.54, 1.807) is 46.0 Å². The Morgan fingerprint density at radius 1 is 1.06 bits per heavy atom. The fraction of sp³-hybridized carbons (Fsp3) is 0.368. The van der Waals surface area contributed by atoms with Crippen LogP contribution in [0.25, 0.3) is 11.0 Å². The predicted octanol–water partition coefficient (Wildman–Crippen LogP) is 7.59.